The number of hydrogen-bond acceptors (Lipinski definition) is 3. The number of urea groups is 1. The van der Waals surface area contributed by atoms with Crippen molar-refractivity contribution in [2.45, 2.75) is 0 Å². The van der Waals surface area contributed by atoms with Crippen molar-refractivity contribution in [1.29, 1.82) is 0 Å². The minimum absolute atomic E-state index is 0.0999. The maximum absolute atomic E-state index is 12.0. The molecule has 0 atom stereocenters. The van der Waals surface area contributed by atoms with Gasteiger partial charge in [0.25, 0.3) is 5.91 Å². The van der Waals surface area contributed by atoms with Crippen molar-refractivity contribution in [3.63, 3.8) is 0 Å². The zero-order valence-electron chi connectivity index (χ0n) is 10.9. The second-order valence-corrected chi connectivity index (χ2v) is 5.81. The summed E-state index contributed by atoms with van der Waals surface area (Å²) in [5, 5.41) is 7.74. The van der Waals surface area contributed by atoms with Crippen LogP contribution >= 0.6 is 22.9 Å². The third kappa shape index (κ3) is 2.86. The number of carbonyl (C=O) groups excluding carboxylic acids is 2. The molecule has 7 heteroatoms. The normalized spacial score (nSPS) is 14.1. The van der Waals surface area contributed by atoms with Crippen LogP contribution < -0.4 is 15.5 Å². The fraction of sp³-hybridized carbons (Fsp3) is 0.143. The quantitative estimate of drug-likeness (QED) is 0.912. The lowest BCUT2D eigenvalue weighted by atomic mass is 10.2. The summed E-state index contributed by atoms with van der Waals surface area (Å²) in [4.78, 5) is 25.7. The predicted molar refractivity (Wildman–Crippen MR) is 84.5 cm³/mol. The molecule has 2 heterocycles. The number of nitrogens with zero attached hydrogens (tertiary/aromatic N) is 1. The highest BCUT2D eigenvalue weighted by Crippen LogP contribution is 2.24. The van der Waals surface area contributed by atoms with Gasteiger partial charge in [0.1, 0.15) is 4.88 Å². The van der Waals surface area contributed by atoms with E-state index in [-0.39, 0.29) is 11.9 Å². The molecule has 3 amide bonds. The van der Waals surface area contributed by atoms with Gasteiger partial charge < -0.3 is 10.6 Å². The highest BCUT2D eigenvalue weighted by molar-refractivity contribution is 7.12. The molecule has 5 nitrogen and oxygen atoms in total. The fourth-order valence-electron chi connectivity index (χ4n) is 2.09. The van der Waals surface area contributed by atoms with Gasteiger partial charge in [-0.25, -0.2) is 4.79 Å². The number of benzene rings is 1. The summed E-state index contributed by atoms with van der Waals surface area (Å²) in [7, 11) is 0. The first-order chi connectivity index (χ1) is 10.1. The van der Waals surface area contributed by atoms with Crippen LogP contribution in [0.5, 0.6) is 0 Å². The molecule has 0 saturated carbocycles. The molecule has 1 aromatic carbocycles. The molecule has 3 rings (SSSR count). The monoisotopic (exact) mass is 321 g/mol. The Morgan fingerprint density at radius 1 is 1.29 bits per heavy atom. The van der Waals surface area contributed by atoms with E-state index >= 15 is 0 Å². The average molecular weight is 322 g/mol. The van der Waals surface area contributed by atoms with Gasteiger partial charge in [0.2, 0.25) is 0 Å². The summed E-state index contributed by atoms with van der Waals surface area (Å²) >= 11 is 7.22. The Morgan fingerprint density at radius 3 is 2.62 bits per heavy atom. The van der Waals surface area contributed by atoms with Crippen molar-refractivity contribution in [2.75, 3.05) is 23.3 Å². The highest BCUT2D eigenvalue weighted by atomic mass is 35.5. The predicted octanol–water partition coefficient (Wildman–Crippen LogP) is 3.18. The molecule has 1 aromatic heterocycles. The molecule has 1 saturated heterocycles. The van der Waals surface area contributed by atoms with Crippen LogP contribution in [0.3, 0.4) is 0 Å². The van der Waals surface area contributed by atoms with Crippen LogP contribution in [0.2, 0.25) is 5.02 Å². The van der Waals surface area contributed by atoms with Crippen molar-refractivity contribution in [1.82, 2.24) is 5.32 Å². The molecule has 1 fully saturated rings. The number of hydrogen-bond donors (Lipinski definition) is 2. The Balaban J connectivity index is 1.71. The zero-order valence-corrected chi connectivity index (χ0v) is 12.5. The van der Waals surface area contributed by atoms with Crippen LogP contribution in [0.15, 0.2) is 35.7 Å². The molecule has 0 unspecified atom stereocenters. The van der Waals surface area contributed by atoms with Crippen LogP contribution in [-0.2, 0) is 0 Å². The van der Waals surface area contributed by atoms with E-state index in [1.54, 1.807) is 40.6 Å². The average Bonchev–Trinajstić information content (AvgIpc) is 3.08. The number of nitrogens with one attached hydrogen (secondary N) is 2. The van der Waals surface area contributed by atoms with Crippen LogP contribution in [0, 0.1) is 0 Å². The van der Waals surface area contributed by atoms with Crippen molar-refractivity contribution < 1.29 is 9.59 Å². The Morgan fingerprint density at radius 2 is 2.05 bits per heavy atom. The lowest BCUT2D eigenvalue weighted by Crippen LogP contribution is -2.27. The maximum Gasteiger partial charge on any atom is 0.321 e. The molecule has 108 valence electrons. The van der Waals surface area contributed by atoms with Gasteiger partial charge >= 0.3 is 6.03 Å². The Labute approximate surface area is 130 Å². The van der Waals surface area contributed by atoms with E-state index in [4.69, 9.17) is 11.6 Å². The van der Waals surface area contributed by atoms with E-state index in [1.807, 2.05) is 0 Å². The molecule has 0 aliphatic carbocycles. The molecular formula is C14H12ClN3O2S. The molecule has 2 N–H and O–H groups in total. The third-order valence-electron chi connectivity index (χ3n) is 3.12. The first kappa shape index (κ1) is 13.9. The van der Waals surface area contributed by atoms with Crippen LogP contribution in [-0.4, -0.2) is 25.0 Å². The minimum Gasteiger partial charge on any atom is -0.336 e. The molecule has 1 aliphatic rings. The summed E-state index contributed by atoms with van der Waals surface area (Å²) in [6.07, 6.45) is 0. The number of amides is 3. The van der Waals surface area contributed by atoms with Crippen molar-refractivity contribution in [2.24, 2.45) is 0 Å². The lowest BCUT2D eigenvalue weighted by Gasteiger charge is -2.14. The van der Waals surface area contributed by atoms with Crippen LogP contribution in [0.25, 0.3) is 0 Å². The number of halogens is 1. The summed E-state index contributed by atoms with van der Waals surface area (Å²) in [5.74, 6) is -0.235. The molecule has 1 aliphatic heterocycles. The van der Waals surface area contributed by atoms with E-state index in [9.17, 15) is 9.59 Å². The molecule has 2 aromatic rings. The maximum atomic E-state index is 12.0. The minimum atomic E-state index is -0.235. The van der Waals surface area contributed by atoms with Crippen molar-refractivity contribution >= 4 is 46.3 Å². The Kier molecular flexibility index (Phi) is 3.81. The van der Waals surface area contributed by atoms with E-state index in [1.165, 1.54) is 11.3 Å². The van der Waals surface area contributed by atoms with Gasteiger partial charge in [-0.15, -0.1) is 11.3 Å². The number of rotatable bonds is 3. The highest BCUT2D eigenvalue weighted by Gasteiger charge is 2.20. The first-order valence-corrected chi connectivity index (χ1v) is 7.61. The molecular weight excluding hydrogens is 310 g/mol. The molecule has 0 radical (unpaired) electrons. The lowest BCUT2D eigenvalue weighted by molar-refractivity contribution is 0.103. The second-order valence-electron chi connectivity index (χ2n) is 4.48. The summed E-state index contributed by atoms with van der Waals surface area (Å²) < 4.78 is 0. The van der Waals surface area contributed by atoms with Gasteiger partial charge in [0.05, 0.1) is 5.02 Å². The number of anilines is 2. The van der Waals surface area contributed by atoms with Gasteiger partial charge in [-0.2, -0.15) is 0 Å². The number of carbonyl (C=O) groups is 2. The van der Waals surface area contributed by atoms with Gasteiger partial charge in [-0.3, -0.25) is 9.69 Å². The fourth-order valence-corrected chi connectivity index (χ4v) is 3.12. The van der Waals surface area contributed by atoms with E-state index < -0.39 is 0 Å². The topological polar surface area (TPSA) is 61.4 Å². The Bertz CT molecular complexity index is 684. The summed E-state index contributed by atoms with van der Waals surface area (Å²) in [6.45, 7) is 1.30. The van der Waals surface area contributed by atoms with E-state index in [0.717, 1.165) is 5.69 Å². The summed E-state index contributed by atoms with van der Waals surface area (Å²) in [5.41, 5.74) is 1.46. The smallest absolute Gasteiger partial charge is 0.321 e. The third-order valence-corrected chi connectivity index (χ3v) is 4.46. The van der Waals surface area contributed by atoms with Crippen LogP contribution in [0.4, 0.5) is 16.2 Å². The van der Waals surface area contributed by atoms with Gasteiger partial charge in [0, 0.05) is 24.5 Å². The summed E-state index contributed by atoms with van der Waals surface area (Å²) in [6, 6.07) is 8.72. The zero-order chi connectivity index (χ0) is 14.8. The standard InChI is InChI=1S/C14H12ClN3O2S/c15-11-5-8-21-12(11)13(19)17-9-1-3-10(4-2-9)18-7-6-16-14(18)20/h1-5,8H,6-7H2,(H,16,20)(H,17,19). The molecule has 0 bridgehead atoms. The van der Waals surface area contributed by atoms with Gasteiger partial charge in [0.15, 0.2) is 0 Å². The first-order valence-electron chi connectivity index (χ1n) is 6.35. The molecule has 0 spiro atoms. The second kappa shape index (κ2) is 5.75. The number of thiophene rings is 1. The SMILES string of the molecule is O=C(Nc1ccc(N2CCNC2=O)cc1)c1sccc1Cl. The van der Waals surface area contributed by atoms with E-state index in [0.29, 0.717) is 28.7 Å². The van der Waals surface area contributed by atoms with Crippen molar-refractivity contribution in [3.05, 3.63) is 45.6 Å². The largest absolute Gasteiger partial charge is 0.336 e. The molecule has 21 heavy (non-hydrogen) atoms. The van der Waals surface area contributed by atoms with E-state index in [2.05, 4.69) is 10.6 Å². The Hall–Kier alpha value is -2.05. The van der Waals surface area contributed by atoms with Gasteiger partial charge in [-0.05, 0) is 35.7 Å². The van der Waals surface area contributed by atoms with Crippen molar-refractivity contribution in [3.8, 4) is 0 Å². The van der Waals surface area contributed by atoms with Gasteiger partial charge in [-0.1, -0.05) is 11.6 Å². The van der Waals surface area contributed by atoms with Crippen LogP contribution in [0.1, 0.15) is 9.67 Å².